The van der Waals surface area contributed by atoms with Crippen LogP contribution >= 0.6 is 11.6 Å². The third-order valence-electron chi connectivity index (χ3n) is 3.34. The second-order valence-corrected chi connectivity index (χ2v) is 7.67. The van der Waals surface area contributed by atoms with Crippen molar-refractivity contribution in [2.45, 2.75) is 17.5 Å². The molecule has 152 valence electrons. The minimum Gasteiger partial charge on any atom is -0.326 e. The zero-order valence-corrected chi connectivity index (χ0v) is 15.4. The number of rotatable bonds is 6. The molecule has 0 fully saturated rings. The van der Waals surface area contributed by atoms with Gasteiger partial charge in [0.25, 0.3) is 0 Å². The summed E-state index contributed by atoms with van der Waals surface area (Å²) in [6.07, 6.45) is -5.28. The van der Waals surface area contributed by atoms with E-state index in [1.54, 1.807) is 0 Å². The van der Waals surface area contributed by atoms with Crippen LogP contribution in [-0.4, -0.2) is 20.9 Å². The highest BCUT2D eigenvalue weighted by atomic mass is 35.5. The number of sulfonamides is 1. The number of carbonyl (C=O) groups is 1. The maximum Gasteiger partial charge on any atom is 0.417 e. The summed E-state index contributed by atoms with van der Waals surface area (Å²) in [5, 5.41) is 1.51. The van der Waals surface area contributed by atoms with E-state index in [-0.39, 0.29) is 5.69 Å². The van der Waals surface area contributed by atoms with Crippen molar-refractivity contribution >= 4 is 33.2 Å². The molecule has 0 radical (unpaired) electrons. The van der Waals surface area contributed by atoms with Gasteiger partial charge in [-0.1, -0.05) is 11.6 Å². The number of anilines is 1. The number of nitrogens with one attached hydrogen (secondary N) is 2. The second kappa shape index (κ2) is 8.41. The van der Waals surface area contributed by atoms with E-state index in [4.69, 9.17) is 11.6 Å². The first-order chi connectivity index (χ1) is 12.9. The Bertz CT molecular complexity index is 976. The van der Waals surface area contributed by atoms with Crippen molar-refractivity contribution < 1.29 is 35.2 Å². The minimum absolute atomic E-state index is 0.169. The van der Waals surface area contributed by atoms with Crippen molar-refractivity contribution in [1.29, 1.82) is 0 Å². The van der Waals surface area contributed by atoms with Gasteiger partial charge in [0, 0.05) is 24.7 Å². The van der Waals surface area contributed by atoms with Crippen LogP contribution in [-0.2, 0) is 21.0 Å². The first kappa shape index (κ1) is 22.1. The first-order valence-electron chi connectivity index (χ1n) is 7.51. The fraction of sp³-hybridized carbons (Fsp3) is 0.188. The van der Waals surface area contributed by atoms with Gasteiger partial charge in [-0.15, -0.1) is 0 Å². The highest BCUT2D eigenvalue weighted by molar-refractivity contribution is 7.89. The Hall–Kier alpha value is -2.24. The summed E-state index contributed by atoms with van der Waals surface area (Å²) in [4.78, 5) is 11.0. The molecule has 12 heteroatoms. The smallest absolute Gasteiger partial charge is 0.326 e. The Kier molecular flexibility index (Phi) is 6.63. The van der Waals surface area contributed by atoms with Gasteiger partial charge in [-0.05, 0) is 30.3 Å². The normalized spacial score (nSPS) is 12.1. The van der Waals surface area contributed by atoms with Gasteiger partial charge in [0.15, 0.2) is 0 Å². The molecule has 0 aliphatic rings. The minimum atomic E-state index is -4.84. The van der Waals surface area contributed by atoms with Crippen LogP contribution in [0.3, 0.4) is 0 Å². The average Bonchev–Trinajstić information content (AvgIpc) is 2.52. The van der Waals surface area contributed by atoms with Crippen molar-refractivity contribution in [3.8, 4) is 0 Å². The number of halogens is 6. The number of alkyl halides is 3. The van der Waals surface area contributed by atoms with Crippen LogP contribution < -0.4 is 10.0 Å². The fourth-order valence-electron chi connectivity index (χ4n) is 2.12. The summed E-state index contributed by atoms with van der Waals surface area (Å²) in [6.45, 7) is -0.462. The van der Waals surface area contributed by atoms with E-state index in [0.29, 0.717) is 12.1 Å². The van der Waals surface area contributed by atoms with Gasteiger partial charge in [-0.25, -0.2) is 21.9 Å². The Morgan fingerprint density at radius 1 is 1.04 bits per heavy atom. The standard InChI is InChI=1S/C16H12ClF5N2O3S/c17-14-2-1-12(8-13(14)16(20,21)22)28(26,27)23-4-3-15(25)24-11-6-9(18)5-10(19)7-11/h1-2,5-8,23H,3-4H2,(H,24,25). The van der Waals surface area contributed by atoms with E-state index in [2.05, 4.69) is 5.32 Å². The van der Waals surface area contributed by atoms with Crippen molar-refractivity contribution in [3.63, 3.8) is 0 Å². The van der Waals surface area contributed by atoms with Crippen molar-refractivity contribution in [1.82, 2.24) is 4.72 Å². The van der Waals surface area contributed by atoms with Gasteiger partial charge in [0.1, 0.15) is 11.6 Å². The Balaban J connectivity index is 2.01. The van der Waals surface area contributed by atoms with E-state index in [1.165, 1.54) is 0 Å². The molecule has 0 saturated carbocycles. The fourth-order valence-corrected chi connectivity index (χ4v) is 3.40. The molecule has 0 atom stereocenters. The lowest BCUT2D eigenvalue weighted by molar-refractivity contribution is -0.137. The van der Waals surface area contributed by atoms with Gasteiger partial charge >= 0.3 is 6.18 Å². The predicted octanol–water partition coefficient (Wildman–Crippen LogP) is 3.94. The largest absolute Gasteiger partial charge is 0.417 e. The lowest BCUT2D eigenvalue weighted by Crippen LogP contribution is -2.28. The van der Waals surface area contributed by atoms with Gasteiger partial charge in [0.05, 0.1) is 15.5 Å². The van der Waals surface area contributed by atoms with E-state index >= 15 is 0 Å². The molecule has 0 bridgehead atoms. The Labute approximate surface area is 161 Å². The summed E-state index contributed by atoms with van der Waals surface area (Å²) in [5.74, 6) is -2.60. The van der Waals surface area contributed by atoms with Crippen LogP contribution in [0.1, 0.15) is 12.0 Å². The molecular weight excluding hydrogens is 431 g/mol. The molecule has 0 aliphatic heterocycles. The molecule has 0 aliphatic carbocycles. The second-order valence-electron chi connectivity index (χ2n) is 5.49. The van der Waals surface area contributed by atoms with E-state index < -0.39 is 62.2 Å². The van der Waals surface area contributed by atoms with Crippen LogP contribution in [0.5, 0.6) is 0 Å². The molecular formula is C16H12ClF5N2O3S. The van der Waals surface area contributed by atoms with Crippen molar-refractivity contribution in [2.75, 3.05) is 11.9 Å². The summed E-state index contributed by atoms with van der Waals surface area (Å²) in [6, 6.07) is 4.38. The van der Waals surface area contributed by atoms with Gasteiger partial charge in [-0.2, -0.15) is 13.2 Å². The molecule has 1 amide bonds. The summed E-state index contributed by atoms with van der Waals surface area (Å²) >= 11 is 5.43. The molecule has 5 nitrogen and oxygen atoms in total. The molecule has 2 aromatic rings. The zero-order chi connectivity index (χ0) is 21.1. The van der Waals surface area contributed by atoms with Crippen LogP contribution in [0.2, 0.25) is 5.02 Å². The number of amides is 1. The van der Waals surface area contributed by atoms with Gasteiger partial charge < -0.3 is 5.32 Å². The number of carbonyl (C=O) groups excluding carboxylic acids is 1. The highest BCUT2D eigenvalue weighted by Gasteiger charge is 2.34. The lowest BCUT2D eigenvalue weighted by Gasteiger charge is -2.12. The zero-order valence-electron chi connectivity index (χ0n) is 13.8. The Morgan fingerprint density at radius 2 is 1.64 bits per heavy atom. The molecule has 2 rings (SSSR count). The highest BCUT2D eigenvalue weighted by Crippen LogP contribution is 2.35. The van der Waals surface area contributed by atoms with Gasteiger partial charge in [0.2, 0.25) is 15.9 Å². The maximum atomic E-state index is 13.0. The lowest BCUT2D eigenvalue weighted by atomic mass is 10.2. The third-order valence-corrected chi connectivity index (χ3v) is 5.13. The molecule has 0 aromatic heterocycles. The quantitative estimate of drug-likeness (QED) is 0.665. The number of benzene rings is 2. The average molecular weight is 443 g/mol. The van der Waals surface area contributed by atoms with E-state index in [1.807, 2.05) is 4.72 Å². The SMILES string of the molecule is O=C(CCNS(=O)(=O)c1ccc(Cl)c(C(F)(F)F)c1)Nc1cc(F)cc(F)c1. The van der Waals surface area contributed by atoms with Crippen molar-refractivity contribution in [2.24, 2.45) is 0 Å². The van der Waals surface area contributed by atoms with Gasteiger partial charge in [-0.3, -0.25) is 4.79 Å². The Morgan fingerprint density at radius 3 is 2.21 bits per heavy atom. The van der Waals surface area contributed by atoms with Crippen LogP contribution in [0, 0.1) is 11.6 Å². The van der Waals surface area contributed by atoms with Crippen molar-refractivity contribution in [3.05, 3.63) is 58.6 Å². The molecule has 28 heavy (non-hydrogen) atoms. The van der Waals surface area contributed by atoms with E-state index in [9.17, 15) is 35.2 Å². The first-order valence-corrected chi connectivity index (χ1v) is 9.37. The number of hydrogen-bond donors (Lipinski definition) is 2. The molecule has 2 N–H and O–H groups in total. The molecule has 2 aromatic carbocycles. The summed E-state index contributed by atoms with van der Waals surface area (Å²) in [5.41, 5.74) is -1.49. The summed E-state index contributed by atoms with van der Waals surface area (Å²) in [7, 11) is -4.35. The molecule has 0 heterocycles. The predicted molar refractivity (Wildman–Crippen MR) is 91.2 cm³/mol. The van der Waals surface area contributed by atoms with E-state index in [0.717, 1.165) is 24.3 Å². The number of hydrogen-bond acceptors (Lipinski definition) is 3. The molecule has 0 unspecified atom stereocenters. The molecule has 0 spiro atoms. The molecule has 0 saturated heterocycles. The van der Waals surface area contributed by atoms with Crippen LogP contribution in [0.4, 0.5) is 27.6 Å². The third kappa shape index (κ3) is 5.88. The van der Waals surface area contributed by atoms with Crippen LogP contribution in [0.15, 0.2) is 41.3 Å². The summed E-state index contributed by atoms with van der Waals surface area (Å²) < 4.78 is 90.8. The van der Waals surface area contributed by atoms with Crippen LogP contribution in [0.25, 0.3) is 0 Å². The monoisotopic (exact) mass is 442 g/mol. The topological polar surface area (TPSA) is 75.3 Å². The maximum absolute atomic E-state index is 13.0.